The van der Waals surface area contributed by atoms with Crippen LogP contribution in [0.4, 0.5) is 23.2 Å². The van der Waals surface area contributed by atoms with Crippen molar-refractivity contribution in [3.63, 3.8) is 0 Å². The molecule has 3 heterocycles. The predicted molar refractivity (Wildman–Crippen MR) is 110 cm³/mol. The Hall–Kier alpha value is -2.79. The highest BCUT2D eigenvalue weighted by Gasteiger charge is 2.52. The highest BCUT2D eigenvalue weighted by atomic mass is 35.5. The van der Waals surface area contributed by atoms with Gasteiger partial charge in [-0.15, -0.1) is 0 Å². The normalized spacial score (nSPS) is 19.8. The maximum absolute atomic E-state index is 13.2. The molecule has 1 fully saturated rings. The largest absolute Gasteiger partial charge is 0.381 e. The van der Waals surface area contributed by atoms with Crippen molar-refractivity contribution in [2.45, 2.75) is 56.0 Å². The molecule has 0 unspecified atom stereocenters. The van der Waals surface area contributed by atoms with Crippen LogP contribution in [0.25, 0.3) is 5.65 Å². The number of carbonyl (C=O) groups excluding carboxylic acids is 1. The lowest BCUT2D eigenvalue weighted by Crippen LogP contribution is -2.34. The average molecular weight is 484 g/mol. The average Bonchev–Trinajstić information content (AvgIpc) is 3.32. The molecule has 0 aliphatic heterocycles. The number of aromatic nitrogens is 4. The van der Waals surface area contributed by atoms with Crippen molar-refractivity contribution < 1.29 is 27.5 Å². The van der Waals surface area contributed by atoms with Crippen molar-refractivity contribution in [2.75, 3.05) is 5.32 Å². The molecule has 0 aromatic carbocycles. The lowest BCUT2D eigenvalue weighted by Gasteiger charge is -2.39. The van der Waals surface area contributed by atoms with Gasteiger partial charge in [0, 0.05) is 23.2 Å². The van der Waals surface area contributed by atoms with Crippen molar-refractivity contribution in [1.82, 2.24) is 19.6 Å². The van der Waals surface area contributed by atoms with Crippen LogP contribution in [-0.2, 0) is 10.2 Å². The summed E-state index contributed by atoms with van der Waals surface area (Å²) in [6, 6.07) is 2.49. The molecule has 3 aromatic rings. The molecule has 12 heteroatoms. The van der Waals surface area contributed by atoms with E-state index in [9.17, 15) is 27.5 Å². The van der Waals surface area contributed by atoms with Crippen molar-refractivity contribution in [2.24, 2.45) is 0 Å². The first-order chi connectivity index (χ1) is 15.7. The number of aliphatic hydroxyl groups excluding tert-OH is 1. The number of nitrogens with zero attached hydrogens (tertiary/aromatic N) is 4. The lowest BCUT2D eigenvalue weighted by atomic mass is 9.66. The molecule has 2 atom stereocenters. The van der Waals surface area contributed by atoms with E-state index < -0.39 is 24.9 Å². The second-order valence-corrected chi connectivity index (χ2v) is 8.86. The predicted octanol–water partition coefficient (Wildman–Crippen LogP) is 4.56. The number of carbonyl (C=O) groups is 1. The molecule has 2 N–H and O–H groups in total. The Bertz CT molecular complexity index is 1250. The lowest BCUT2D eigenvalue weighted by molar-refractivity contribution is -0.117. The molecule has 1 saturated carbocycles. The van der Waals surface area contributed by atoms with Crippen LogP contribution < -0.4 is 5.32 Å². The molecule has 2 aliphatic carbocycles. The fraction of sp³-hybridized carbons (Fsp3) is 0.429. The summed E-state index contributed by atoms with van der Waals surface area (Å²) in [6.07, 6.45) is -2.21. The van der Waals surface area contributed by atoms with E-state index in [0.717, 1.165) is 31.2 Å². The Morgan fingerprint density at radius 2 is 1.97 bits per heavy atom. The number of alkyl halides is 4. The molecule has 2 aliphatic rings. The smallest absolute Gasteiger partial charge is 0.282 e. The van der Waals surface area contributed by atoms with Gasteiger partial charge in [0.25, 0.3) is 12.9 Å². The quantitative estimate of drug-likeness (QED) is 0.519. The van der Waals surface area contributed by atoms with Gasteiger partial charge in [0.05, 0.1) is 34.2 Å². The topological polar surface area (TPSA) is 92.4 Å². The van der Waals surface area contributed by atoms with Crippen LogP contribution in [0.3, 0.4) is 0 Å². The first-order valence-corrected chi connectivity index (χ1v) is 10.7. The number of anilines is 1. The first-order valence-electron chi connectivity index (χ1n) is 10.3. The van der Waals surface area contributed by atoms with Gasteiger partial charge in [-0.25, -0.2) is 27.1 Å². The van der Waals surface area contributed by atoms with Crippen molar-refractivity contribution >= 4 is 28.8 Å². The molecular formula is C21H18ClF4N5O2. The molecule has 5 rings (SSSR count). The van der Waals surface area contributed by atoms with Gasteiger partial charge in [0.1, 0.15) is 5.69 Å². The third-order valence-corrected chi connectivity index (χ3v) is 6.81. The van der Waals surface area contributed by atoms with Gasteiger partial charge in [-0.1, -0.05) is 18.0 Å². The van der Waals surface area contributed by atoms with Gasteiger partial charge in [-0.2, -0.15) is 5.10 Å². The van der Waals surface area contributed by atoms with Crippen LogP contribution >= 0.6 is 11.6 Å². The zero-order chi connectivity index (χ0) is 23.5. The highest BCUT2D eigenvalue weighted by molar-refractivity contribution is 6.31. The van der Waals surface area contributed by atoms with Crippen LogP contribution in [0.2, 0.25) is 5.02 Å². The van der Waals surface area contributed by atoms with E-state index in [1.165, 1.54) is 22.8 Å². The summed E-state index contributed by atoms with van der Waals surface area (Å²) in [4.78, 5) is 21.2. The Labute approximate surface area is 189 Å². The molecule has 3 aromatic heterocycles. The van der Waals surface area contributed by atoms with Crippen LogP contribution in [-0.4, -0.2) is 37.0 Å². The molecule has 1 spiro atoms. The fourth-order valence-corrected chi connectivity index (χ4v) is 5.09. The molecule has 174 valence electrons. The molecular weight excluding hydrogens is 466 g/mol. The van der Waals surface area contributed by atoms with E-state index in [1.807, 2.05) is 0 Å². The van der Waals surface area contributed by atoms with Crippen LogP contribution in [0, 0.1) is 0 Å². The SMILES string of the molecule is O=C(Nc1cnc([C@@H](O)C(F)F)c(Cl)c1)[C@@H]1CC2(CCC2)c2c1cnc1cc(C(F)F)nn21. The van der Waals surface area contributed by atoms with Gasteiger partial charge >= 0.3 is 0 Å². The van der Waals surface area contributed by atoms with Crippen LogP contribution in [0.5, 0.6) is 0 Å². The third kappa shape index (κ3) is 3.54. The molecule has 0 saturated heterocycles. The Morgan fingerprint density at radius 1 is 1.21 bits per heavy atom. The number of rotatable bonds is 5. The number of fused-ring (bicyclic) bond motifs is 4. The van der Waals surface area contributed by atoms with Crippen molar-refractivity contribution in [3.05, 3.63) is 52.2 Å². The van der Waals surface area contributed by atoms with Gasteiger partial charge in [-0.05, 0) is 25.3 Å². The summed E-state index contributed by atoms with van der Waals surface area (Å²) in [5.74, 6) is -0.996. The Kier molecular flexibility index (Phi) is 5.28. The van der Waals surface area contributed by atoms with Crippen LogP contribution in [0.1, 0.15) is 66.8 Å². The minimum Gasteiger partial charge on any atom is -0.381 e. The molecule has 0 radical (unpaired) electrons. The molecule has 1 amide bonds. The highest BCUT2D eigenvalue weighted by Crippen LogP contribution is 2.56. The van der Waals surface area contributed by atoms with E-state index in [4.69, 9.17) is 11.6 Å². The Morgan fingerprint density at radius 3 is 2.58 bits per heavy atom. The number of aliphatic hydroxyl groups is 1. The summed E-state index contributed by atoms with van der Waals surface area (Å²) < 4.78 is 53.3. The maximum atomic E-state index is 13.2. The summed E-state index contributed by atoms with van der Waals surface area (Å²) in [7, 11) is 0. The van der Waals surface area contributed by atoms with E-state index in [-0.39, 0.29) is 33.4 Å². The molecule has 33 heavy (non-hydrogen) atoms. The monoisotopic (exact) mass is 483 g/mol. The van der Waals surface area contributed by atoms with Gasteiger partial charge < -0.3 is 10.4 Å². The van der Waals surface area contributed by atoms with E-state index in [2.05, 4.69) is 20.4 Å². The van der Waals surface area contributed by atoms with E-state index in [0.29, 0.717) is 17.6 Å². The number of nitrogens with one attached hydrogen (secondary N) is 1. The van der Waals surface area contributed by atoms with Crippen molar-refractivity contribution in [3.8, 4) is 0 Å². The second-order valence-electron chi connectivity index (χ2n) is 8.45. The van der Waals surface area contributed by atoms with Crippen molar-refractivity contribution in [1.29, 1.82) is 0 Å². The fourth-order valence-electron chi connectivity index (χ4n) is 4.82. The summed E-state index contributed by atoms with van der Waals surface area (Å²) in [5, 5.41) is 16.0. The third-order valence-electron chi connectivity index (χ3n) is 6.51. The van der Waals surface area contributed by atoms with Gasteiger partial charge in [0.2, 0.25) is 5.91 Å². The molecule has 7 nitrogen and oxygen atoms in total. The summed E-state index contributed by atoms with van der Waals surface area (Å²) in [5.41, 5.74) is 0.740. The maximum Gasteiger partial charge on any atom is 0.282 e. The van der Waals surface area contributed by atoms with E-state index in [1.54, 1.807) is 0 Å². The second kappa shape index (κ2) is 7.91. The number of amides is 1. The van der Waals surface area contributed by atoms with Gasteiger partial charge in [-0.3, -0.25) is 9.78 Å². The number of pyridine rings is 1. The zero-order valence-electron chi connectivity index (χ0n) is 17.0. The minimum absolute atomic E-state index is 0.180. The molecule has 0 bridgehead atoms. The van der Waals surface area contributed by atoms with Crippen LogP contribution in [0.15, 0.2) is 24.5 Å². The number of hydrogen-bond acceptors (Lipinski definition) is 5. The minimum atomic E-state index is -3.05. The zero-order valence-corrected chi connectivity index (χ0v) is 17.7. The summed E-state index contributed by atoms with van der Waals surface area (Å²) >= 11 is 5.97. The van der Waals surface area contributed by atoms with E-state index >= 15 is 0 Å². The van der Waals surface area contributed by atoms with Gasteiger partial charge in [0.15, 0.2) is 11.8 Å². The summed E-state index contributed by atoms with van der Waals surface area (Å²) in [6.45, 7) is 0. The first kappa shape index (κ1) is 22.0. The number of halogens is 5. The number of hydrogen-bond donors (Lipinski definition) is 2. The standard InChI is InChI=1S/C21H18ClF4N5O2/c22-12-4-9(7-28-15(12)16(32)19(25)26)29-20(33)10-6-21(2-1-3-21)17-11(10)8-27-14-5-13(18(23)24)30-31(14)17/h4-5,7-8,10,16,18-19,32H,1-3,6H2,(H,29,33)/t10-,16-/m1/s1. The Balaban J connectivity index is 1.46.